The summed E-state index contributed by atoms with van der Waals surface area (Å²) in [6.07, 6.45) is -4.48. The molecule has 4 aromatic heterocycles. The Labute approximate surface area is 705 Å². The SMILES string of the molecule is CC(=NNC(=O)c1ccc(C(C)(C)C)cc1)c1c(C)[nH]n(-c2ccc(C(C)(C)C)cc2)c1=O.CC(=NNC(=O)c1ccc(C(F)(F)F)cc1)c1c(C)[nH]n(-c2ccc(C(C)(C)C)cc2)c1=O.CC(=NNC(=O)c1ccc(N)cc1)c1c(C)[nH]n(-c2ccc(C)c(C)c2)c1=O.CC(=NNC(=O)c1cccc(N)c1)c1c(C)[nH]n(-c2ccc(C)c(C)c2)c1=O. The highest BCUT2D eigenvalue weighted by molar-refractivity contribution is 6.04. The van der Waals surface area contributed by atoms with Crippen LogP contribution in [-0.2, 0) is 22.4 Å². The van der Waals surface area contributed by atoms with E-state index in [1.165, 1.54) is 24.3 Å². The van der Waals surface area contributed by atoms with Gasteiger partial charge in [-0.05, 0) is 266 Å². The first-order valence-corrected chi connectivity index (χ1v) is 39.2. The summed E-state index contributed by atoms with van der Waals surface area (Å²) in [4.78, 5) is 101. The van der Waals surface area contributed by atoms with Crippen molar-refractivity contribution in [2.45, 2.75) is 168 Å². The minimum absolute atomic E-state index is 0.0155. The second kappa shape index (κ2) is 37.8. The number of nitrogens with one attached hydrogen (secondary N) is 8. The summed E-state index contributed by atoms with van der Waals surface area (Å²) < 4.78 is 43.9. The van der Waals surface area contributed by atoms with E-state index in [2.05, 4.69) is 125 Å². The van der Waals surface area contributed by atoms with Crippen LogP contribution in [0.5, 0.6) is 0 Å². The summed E-state index contributed by atoms with van der Waals surface area (Å²) >= 11 is 0. The Morgan fingerprint density at radius 1 is 0.311 bits per heavy atom. The van der Waals surface area contributed by atoms with Crippen LogP contribution in [0.15, 0.2) is 222 Å². The minimum atomic E-state index is -4.48. The second-order valence-corrected chi connectivity index (χ2v) is 32.8. The predicted molar refractivity (Wildman–Crippen MR) is 478 cm³/mol. The first kappa shape index (κ1) is 91.6. The van der Waals surface area contributed by atoms with Crippen molar-refractivity contribution in [3.63, 3.8) is 0 Å². The van der Waals surface area contributed by atoms with E-state index in [0.29, 0.717) is 95.9 Å². The van der Waals surface area contributed by atoms with Crippen LogP contribution in [0.2, 0.25) is 0 Å². The molecule has 0 atom stereocenters. The third-order valence-corrected chi connectivity index (χ3v) is 20.3. The maximum absolute atomic E-state index is 13.1. The van der Waals surface area contributed by atoms with Gasteiger partial charge in [0.25, 0.3) is 45.9 Å². The summed E-state index contributed by atoms with van der Waals surface area (Å²) in [6.45, 7) is 41.0. The topological polar surface area (TPSA) is 369 Å². The summed E-state index contributed by atoms with van der Waals surface area (Å²) in [5.41, 5.74) is 38.4. The van der Waals surface area contributed by atoms with Crippen molar-refractivity contribution in [1.29, 1.82) is 0 Å². The molecule has 636 valence electrons. The number of amides is 4. The molecular formula is C93H105F3N18O8. The molecule has 0 unspecified atom stereocenters. The van der Waals surface area contributed by atoms with Crippen molar-refractivity contribution in [2.24, 2.45) is 20.4 Å². The molecule has 26 nitrogen and oxygen atoms in total. The first-order valence-electron chi connectivity index (χ1n) is 39.2. The van der Waals surface area contributed by atoms with E-state index in [1.54, 1.807) is 109 Å². The fraction of sp³-hybridized carbons (Fsp3) is 0.269. The van der Waals surface area contributed by atoms with Gasteiger partial charge < -0.3 is 11.5 Å². The Morgan fingerprint density at radius 2 is 0.566 bits per heavy atom. The Balaban J connectivity index is 0.000000185. The zero-order valence-electron chi connectivity index (χ0n) is 72.5. The number of hydrazone groups is 4. The third kappa shape index (κ3) is 22.4. The van der Waals surface area contributed by atoms with Crippen molar-refractivity contribution >= 4 is 57.9 Å². The molecule has 4 amide bonds. The molecule has 12 aromatic rings. The number of carbonyl (C=O) groups is 4. The van der Waals surface area contributed by atoms with E-state index in [1.807, 2.05) is 132 Å². The number of rotatable bonds is 16. The van der Waals surface area contributed by atoms with Gasteiger partial charge in [-0.25, -0.2) is 40.4 Å². The lowest BCUT2D eigenvalue weighted by Crippen LogP contribution is -2.23. The van der Waals surface area contributed by atoms with Crippen LogP contribution < -0.4 is 55.4 Å². The smallest absolute Gasteiger partial charge is 0.399 e. The highest BCUT2D eigenvalue weighted by Crippen LogP contribution is 2.30. The zero-order chi connectivity index (χ0) is 89.9. The molecule has 4 heterocycles. The van der Waals surface area contributed by atoms with Gasteiger partial charge in [0, 0.05) is 56.4 Å². The van der Waals surface area contributed by atoms with Crippen LogP contribution in [0.4, 0.5) is 24.5 Å². The van der Waals surface area contributed by atoms with E-state index >= 15 is 0 Å². The van der Waals surface area contributed by atoms with Crippen LogP contribution in [-0.4, -0.2) is 85.6 Å². The zero-order valence-corrected chi connectivity index (χ0v) is 72.5. The molecule has 12 N–H and O–H groups in total. The largest absolute Gasteiger partial charge is 0.416 e. The standard InChI is InChI=1S/C27H34N4O2.C24H25F3N4O2.2C21H23N5O2/c1-17(28-29-24(32)19-9-11-20(12-10-19)26(3,4)5)23-18(2)30-31(25(23)33)22-15-13-21(14-16-22)27(6,7)8;1-14(28-29-21(32)16-6-8-18(9-7-16)24(25,26)27)20-15(2)30-31(22(20)33)19-12-10-17(11-13-19)23(3,4)5;1-12-5-10-18(11-13(12)2)26-21(28)19(15(4)25-26)14(3)23-24-20(27)16-6-8-17(22)9-7-16;1-12-8-9-18(10-13(12)2)26-21(28)19(15(4)25-26)14(3)23-24-20(27)16-6-5-7-17(22)11-16/h9-16,30H,1-8H3,(H,29,32);6-13,30H,1-5H3,(H,29,32);2*5-11,25H,22H2,1-4H3,(H,24,27). The molecule has 122 heavy (non-hydrogen) atoms. The van der Waals surface area contributed by atoms with Gasteiger partial charge in [0.15, 0.2) is 0 Å². The lowest BCUT2D eigenvalue weighted by molar-refractivity contribution is -0.137. The number of aromatic nitrogens is 8. The molecule has 0 fully saturated rings. The molecule has 29 heteroatoms. The number of aromatic amines is 4. The van der Waals surface area contributed by atoms with E-state index in [9.17, 15) is 51.5 Å². The van der Waals surface area contributed by atoms with E-state index in [0.717, 1.165) is 74.7 Å². The molecule has 0 aliphatic heterocycles. The Bertz CT molecular complexity index is 6060. The first-order chi connectivity index (χ1) is 57.1. The minimum Gasteiger partial charge on any atom is -0.399 e. The van der Waals surface area contributed by atoms with Crippen LogP contribution in [0.3, 0.4) is 0 Å². The Kier molecular flexibility index (Phi) is 28.4. The van der Waals surface area contributed by atoms with Crippen LogP contribution in [0.25, 0.3) is 22.7 Å². The average molecular weight is 1660 g/mol. The lowest BCUT2D eigenvalue weighted by atomic mass is 9.87. The van der Waals surface area contributed by atoms with Gasteiger partial charge in [0.2, 0.25) is 0 Å². The summed E-state index contributed by atoms with van der Waals surface area (Å²) in [7, 11) is 0. The van der Waals surface area contributed by atoms with Gasteiger partial charge in [0.1, 0.15) is 0 Å². The lowest BCUT2D eigenvalue weighted by Gasteiger charge is -2.19. The Hall–Kier alpha value is -14.3. The third-order valence-electron chi connectivity index (χ3n) is 20.3. The number of nitrogen functional groups attached to an aromatic ring is 2. The van der Waals surface area contributed by atoms with Crippen LogP contribution in [0, 0.1) is 55.4 Å². The molecular weight excluding hydrogens is 1550 g/mol. The summed E-state index contributed by atoms with van der Waals surface area (Å²) in [5, 5.41) is 28.7. The molecule has 0 aliphatic rings. The number of nitrogens with two attached hydrogens (primary N) is 2. The number of nitrogens with zero attached hydrogens (tertiary/aromatic N) is 8. The van der Waals surface area contributed by atoms with Crippen molar-refractivity contribution in [2.75, 3.05) is 11.5 Å². The maximum atomic E-state index is 13.1. The number of carbonyl (C=O) groups excluding carboxylic acids is 4. The van der Waals surface area contributed by atoms with Crippen molar-refractivity contribution < 1.29 is 32.3 Å². The number of benzene rings is 8. The normalized spacial score (nSPS) is 12.1. The molecule has 0 spiro atoms. The van der Waals surface area contributed by atoms with Gasteiger partial charge in [-0.3, -0.25) is 58.8 Å². The number of alkyl halides is 3. The molecule has 0 bridgehead atoms. The van der Waals surface area contributed by atoms with Crippen molar-refractivity contribution in [1.82, 2.24) is 60.8 Å². The summed E-state index contributed by atoms with van der Waals surface area (Å²) in [6, 6.07) is 51.5. The quantitative estimate of drug-likeness (QED) is 0.0248. The van der Waals surface area contributed by atoms with Crippen molar-refractivity contribution in [3.8, 4) is 22.7 Å². The highest BCUT2D eigenvalue weighted by Gasteiger charge is 2.31. The van der Waals surface area contributed by atoms with E-state index in [-0.39, 0.29) is 61.6 Å². The molecule has 12 rings (SSSR count). The molecule has 0 saturated heterocycles. The molecule has 0 radical (unpaired) electrons. The molecule has 0 aliphatic carbocycles. The van der Waals surface area contributed by atoms with Gasteiger partial charge in [-0.2, -0.15) is 33.6 Å². The number of H-pyrrole nitrogens is 4. The van der Waals surface area contributed by atoms with E-state index < -0.39 is 23.6 Å². The number of hydrogen-bond donors (Lipinski definition) is 10. The monoisotopic (exact) mass is 1660 g/mol. The Morgan fingerprint density at radius 3 is 0.836 bits per heavy atom. The fourth-order valence-electron chi connectivity index (χ4n) is 12.8. The average Bonchev–Trinajstić information content (AvgIpc) is 1.66. The van der Waals surface area contributed by atoms with Gasteiger partial charge in [-0.1, -0.05) is 117 Å². The second-order valence-electron chi connectivity index (χ2n) is 32.8. The highest BCUT2D eigenvalue weighted by atomic mass is 19.4. The number of halogens is 3. The molecule has 0 saturated carbocycles. The fourth-order valence-corrected chi connectivity index (χ4v) is 12.8. The van der Waals surface area contributed by atoms with Crippen molar-refractivity contribution in [3.05, 3.63) is 335 Å². The van der Waals surface area contributed by atoms with Gasteiger partial charge in [0.05, 0.1) is 73.4 Å². The number of anilines is 2. The number of hydrogen-bond acceptors (Lipinski definition) is 14. The number of aryl methyl sites for hydroxylation is 8. The van der Waals surface area contributed by atoms with E-state index in [4.69, 9.17) is 11.5 Å². The van der Waals surface area contributed by atoms with Crippen LogP contribution >= 0.6 is 0 Å². The summed E-state index contributed by atoms with van der Waals surface area (Å²) in [5.74, 6) is -1.77. The molecule has 8 aromatic carbocycles. The van der Waals surface area contributed by atoms with Crippen LogP contribution in [0.1, 0.15) is 221 Å². The van der Waals surface area contributed by atoms with Gasteiger partial charge in [-0.15, -0.1) is 0 Å². The maximum Gasteiger partial charge on any atom is 0.416 e. The predicted octanol–water partition coefficient (Wildman–Crippen LogP) is 15.8. The van der Waals surface area contributed by atoms with Gasteiger partial charge >= 0.3 is 6.18 Å².